The number of aromatic amines is 1. The summed E-state index contributed by atoms with van der Waals surface area (Å²) in [6.45, 7) is -0.161. The fourth-order valence-electron chi connectivity index (χ4n) is 2.24. The second-order valence-corrected chi connectivity index (χ2v) is 5.71. The number of rotatable bonds is 10. The highest BCUT2D eigenvalue weighted by Crippen LogP contribution is 2.15. The minimum absolute atomic E-state index is 0.0505. The van der Waals surface area contributed by atoms with Crippen molar-refractivity contribution in [1.82, 2.24) is 19.9 Å². The summed E-state index contributed by atoms with van der Waals surface area (Å²) in [6, 6.07) is 0. The molecule has 26 heavy (non-hydrogen) atoms. The smallest absolute Gasteiger partial charge is 0.303 e. The fourth-order valence-corrected chi connectivity index (χ4v) is 2.24. The molecule has 0 aliphatic carbocycles. The molecule has 0 radical (unpaired) electrons. The summed E-state index contributed by atoms with van der Waals surface area (Å²) < 4.78 is 0. The highest BCUT2D eigenvalue weighted by atomic mass is 16.4. The zero-order valence-electron chi connectivity index (χ0n) is 13.9. The third-order valence-corrected chi connectivity index (χ3v) is 3.65. The number of hydrogen-bond donors (Lipinski definition) is 6. The Morgan fingerprint density at radius 3 is 2.69 bits per heavy atom. The summed E-state index contributed by atoms with van der Waals surface area (Å²) in [4.78, 5) is 37.1. The van der Waals surface area contributed by atoms with E-state index in [-0.39, 0.29) is 29.2 Å². The Bertz CT molecular complexity index is 811. The molecule has 0 saturated heterocycles. The van der Waals surface area contributed by atoms with Gasteiger partial charge in [0.1, 0.15) is 12.2 Å². The number of carboxylic acids is 1. The van der Waals surface area contributed by atoms with E-state index in [0.29, 0.717) is 19.4 Å². The molecule has 0 aliphatic rings. The molecule has 2 rings (SSSR count). The minimum Gasteiger partial charge on any atom is -0.481 e. The average molecular weight is 367 g/mol. The number of nitrogens with one attached hydrogen (secondary N) is 2. The van der Waals surface area contributed by atoms with Crippen LogP contribution in [-0.4, -0.2) is 65.6 Å². The number of H-pyrrole nitrogens is 1. The number of aliphatic carboxylic acids is 1. The number of nitrogens with zero attached hydrogens (tertiary/aromatic N) is 3. The molecule has 2 aromatic heterocycles. The fraction of sp³-hybridized carbons (Fsp3) is 0.533. The van der Waals surface area contributed by atoms with Crippen molar-refractivity contribution in [3.63, 3.8) is 0 Å². The lowest BCUT2D eigenvalue weighted by Crippen LogP contribution is -2.24. The van der Waals surface area contributed by atoms with Crippen LogP contribution in [0.3, 0.4) is 0 Å². The van der Waals surface area contributed by atoms with Crippen molar-refractivity contribution in [2.75, 3.05) is 18.5 Å². The van der Waals surface area contributed by atoms with E-state index >= 15 is 0 Å². The average Bonchev–Trinajstić information content (AvgIpc) is 2.62. The van der Waals surface area contributed by atoms with Crippen LogP contribution in [0.25, 0.3) is 11.2 Å². The lowest BCUT2D eigenvalue weighted by atomic mass is 10.1. The second-order valence-electron chi connectivity index (χ2n) is 5.71. The van der Waals surface area contributed by atoms with Gasteiger partial charge in [0.15, 0.2) is 11.2 Å². The molecule has 0 amide bonds. The number of fused-ring (bicyclic) bond motifs is 1. The van der Waals surface area contributed by atoms with Gasteiger partial charge in [0.2, 0.25) is 5.95 Å². The van der Waals surface area contributed by atoms with Gasteiger partial charge in [-0.05, 0) is 12.8 Å². The van der Waals surface area contributed by atoms with Crippen molar-refractivity contribution < 1.29 is 25.2 Å². The monoisotopic (exact) mass is 367 g/mol. The van der Waals surface area contributed by atoms with Crippen LogP contribution in [0.4, 0.5) is 5.95 Å². The maximum atomic E-state index is 12.1. The van der Waals surface area contributed by atoms with Gasteiger partial charge in [-0.1, -0.05) is 6.42 Å². The molecule has 2 heterocycles. The maximum absolute atomic E-state index is 12.1. The molecule has 142 valence electrons. The number of aliphatic hydroxyl groups is 3. The van der Waals surface area contributed by atoms with Gasteiger partial charge < -0.3 is 25.7 Å². The third-order valence-electron chi connectivity index (χ3n) is 3.65. The summed E-state index contributed by atoms with van der Waals surface area (Å²) in [6.07, 6.45) is 0.412. The second kappa shape index (κ2) is 9.17. The Balaban J connectivity index is 2.03. The molecule has 11 heteroatoms. The molecule has 0 aliphatic heterocycles. The molecule has 0 bridgehead atoms. The lowest BCUT2D eigenvalue weighted by molar-refractivity contribution is -0.137. The zero-order valence-corrected chi connectivity index (χ0v) is 13.9. The first-order valence-electron chi connectivity index (χ1n) is 8.12. The Morgan fingerprint density at radius 1 is 1.23 bits per heavy atom. The Morgan fingerprint density at radius 2 is 2.00 bits per heavy atom. The van der Waals surface area contributed by atoms with Crippen LogP contribution in [0, 0.1) is 0 Å². The van der Waals surface area contributed by atoms with E-state index in [1.807, 2.05) is 0 Å². The molecule has 0 saturated carbocycles. The number of hydrogen-bond acceptors (Lipinski definition) is 9. The Hall–Kier alpha value is -2.63. The van der Waals surface area contributed by atoms with Crippen molar-refractivity contribution in [3.8, 4) is 0 Å². The van der Waals surface area contributed by atoms with Gasteiger partial charge in [0.25, 0.3) is 5.56 Å². The van der Waals surface area contributed by atoms with Gasteiger partial charge in [0.05, 0.1) is 18.5 Å². The molecule has 0 aromatic carbocycles. The molecule has 6 N–H and O–H groups in total. The maximum Gasteiger partial charge on any atom is 0.303 e. The predicted octanol–water partition coefficient (Wildman–Crippen LogP) is -0.843. The number of carbonyl (C=O) groups is 1. The third kappa shape index (κ3) is 5.18. The Labute approximate surface area is 147 Å². The first kappa shape index (κ1) is 19.7. The van der Waals surface area contributed by atoms with Crippen molar-refractivity contribution in [2.24, 2.45) is 0 Å². The van der Waals surface area contributed by atoms with Crippen LogP contribution in [0.5, 0.6) is 0 Å². The van der Waals surface area contributed by atoms with E-state index < -0.39 is 30.3 Å². The molecular formula is C15H21N5O6. The first-order chi connectivity index (χ1) is 12.4. The molecule has 0 fully saturated rings. The largest absolute Gasteiger partial charge is 0.481 e. The van der Waals surface area contributed by atoms with Gasteiger partial charge in [0, 0.05) is 13.0 Å². The molecule has 2 aromatic rings. The van der Waals surface area contributed by atoms with Crippen LogP contribution in [0.15, 0.2) is 11.0 Å². The summed E-state index contributed by atoms with van der Waals surface area (Å²) in [5.41, 5.74) is -0.649. The minimum atomic E-state index is -1.47. The van der Waals surface area contributed by atoms with E-state index in [4.69, 9.17) is 10.2 Å². The number of unbranched alkanes of at least 4 members (excludes halogenated alkanes) is 2. The van der Waals surface area contributed by atoms with Crippen molar-refractivity contribution in [1.29, 1.82) is 0 Å². The highest BCUT2D eigenvalue weighted by Gasteiger charge is 2.20. The van der Waals surface area contributed by atoms with Crippen molar-refractivity contribution in [2.45, 2.75) is 37.9 Å². The summed E-state index contributed by atoms with van der Waals surface area (Å²) in [7, 11) is 0. The first-order valence-corrected chi connectivity index (χ1v) is 8.12. The van der Waals surface area contributed by atoms with Crippen LogP contribution in [0.2, 0.25) is 0 Å². The summed E-state index contributed by atoms with van der Waals surface area (Å²) in [5, 5.41) is 39.6. The van der Waals surface area contributed by atoms with Crippen LogP contribution >= 0.6 is 0 Å². The predicted molar refractivity (Wildman–Crippen MR) is 90.6 cm³/mol. The van der Waals surface area contributed by atoms with Gasteiger partial charge in [-0.25, -0.2) is 9.97 Å². The van der Waals surface area contributed by atoms with Crippen LogP contribution < -0.4 is 10.9 Å². The number of aliphatic hydroxyl groups excluding tert-OH is 3. The number of aromatic nitrogens is 4. The van der Waals surface area contributed by atoms with E-state index in [9.17, 15) is 19.8 Å². The van der Waals surface area contributed by atoms with Gasteiger partial charge in [-0.15, -0.1) is 0 Å². The van der Waals surface area contributed by atoms with Gasteiger partial charge in [-0.3, -0.25) is 14.6 Å². The summed E-state index contributed by atoms with van der Waals surface area (Å²) in [5.74, 6) is -0.619. The molecule has 2 atom stereocenters. The quantitative estimate of drug-likeness (QED) is 0.289. The van der Waals surface area contributed by atoms with Crippen LogP contribution in [-0.2, 0) is 4.79 Å². The number of anilines is 1. The van der Waals surface area contributed by atoms with Gasteiger partial charge in [-0.2, -0.15) is 4.98 Å². The molecule has 11 nitrogen and oxygen atoms in total. The van der Waals surface area contributed by atoms with Gasteiger partial charge >= 0.3 is 5.97 Å². The van der Waals surface area contributed by atoms with E-state index in [1.165, 1.54) is 6.20 Å². The highest BCUT2D eigenvalue weighted by molar-refractivity contribution is 5.69. The molecule has 0 spiro atoms. The van der Waals surface area contributed by atoms with E-state index in [0.717, 1.165) is 6.42 Å². The standard InChI is InChI=1S/C15H21N5O6/c21-7-9(22)12(25)8-6-17-13-11(18-8)14(26)20-15(19-13)16-5-3-1-2-4-10(23)24/h6,9,12,21-22,25H,1-5,7H2,(H,23,24)(H2,16,17,19,20,26)/t9-,12+/m1/s1. The Kier molecular flexibility index (Phi) is 6.95. The zero-order chi connectivity index (χ0) is 19.1. The van der Waals surface area contributed by atoms with Crippen LogP contribution in [0.1, 0.15) is 37.5 Å². The lowest BCUT2D eigenvalue weighted by Gasteiger charge is -2.14. The van der Waals surface area contributed by atoms with Crippen molar-refractivity contribution >= 4 is 23.1 Å². The molecule has 0 unspecified atom stereocenters. The molecular weight excluding hydrogens is 346 g/mol. The topological polar surface area (TPSA) is 182 Å². The normalized spacial score (nSPS) is 13.5. The van der Waals surface area contributed by atoms with E-state index in [2.05, 4.69) is 25.3 Å². The summed E-state index contributed by atoms with van der Waals surface area (Å²) >= 11 is 0. The SMILES string of the molecule is O=C(O)CCCCCNc1nc2ncc([C@H](O)[C@H](O)CO)nc2c(=O)[nH]1. The van der Waals surface area contributed by atoms with Crippen molar-refractivity contribution in [3.05, 3.63) is 22.2 Å². The van der Waals surface area contributed by atoms with E-state index in [1.54, 1.807) is 0 Å². The number of carboxylic acid groups (broad SMARTS) is 1.